The van der Waals surface area contributed by atoms with E-state index in [0.29, 0.717) is 11.5 Å². The minimum Gasteiger partial charge on any atom is -0.363 e. The lowest BCUT2D eigenvalue weighted by atomic mass is 10.1. The first-order chi connectivity index (χ1) is 9.63. The van der Waals surface area contributed by atoms with E-state index in [0.717, 1.165) is 15.4 Å². The molecule has 2 aromatic heterocycles. The quantitative estimate of drug-likeness (QED) is 0.701. The zero-order chi connectivity index (χ0) is 14.1. The van der Waals surface area contributed by atoms with E-state index in [4.69, 9.17) is 11.6 Å². The lowest BCUT2D eigenvalue weighted by molar-refractivity contribution is 0.875. The molecular weight excluding hydrogens is 342 g/mol. The second-order valence-electron chi connectivity index (χ2n) is 4.39. The van der Waals surface area contributed by atoms with Gasteiger partial charge in [-0.1, -0.05) is 28.1 Å². The number of fused-ring (bicyclic) bond motifs is 1. The molecular formula is C13H11BrClN5. The van der Waals surface area contributed by atoms with Crippen molar-refractivity contribution in [1.82, 2.24) is 20.2 Å². The number of aromatic nitrogens is 4. The van der Waals surface area contributed by atoms with Crippen molar-refractivity contribution in [3.8, 4) is 0 Å². The molecule has 0 aliphatic carbocycles. The molecule has 1 aromatic carbocycles. The number of nitrogens with one attached hydrogen (secondary N) is 2. The van der Waals surface area contributed by atoms with Crippen molar-refractivity contribution >= 4 is 44.4 Å². The van der Waals surface area contributed by atoms with E-state index < -0.39 is 0 Å². The minimum absolute atomic E-state index is 0.0900. The van der Waals surface area contributed by atoms with Crippen LogP contribution in [-0.2, 0) is 0 Å². The number of H-pyrrole nitrogens is 1. The van der Waals surface area contributed by atoms with E-state index in [1.54, 1.807) is 6.20 Å². The summed E-state index contributed by atoms with van der Waals surface area (Å²) in [5, 5.41) is 11.1. The van der Waals surface area contributed by atoms with Crippen molar-refractivity contribution in [2.45, 2.75) is 13.0 Å². The highest BCUT2D eigenvalue weighted by Crippen LogP contribution is 2.25. The van der Waals surface area contributed by atoms with Crippen LogP contribution in [0.15, 0.2) is 34.9 Å². The summed E-state index contributed by atoms with van der Waals surface area (Å²) in [5.41, 5.74) is 1.77. The molecule has 1 unspecified atom stereocenters. The molecule has 0 fully saturated rings. The fourth-order valence-corrected chi connectivity index (χ4v) is 2.39. The van der Waals surface area contributed by atoms with Gasteiger partial charge in [0, 0.05) is 10.5 Å². The maximum atomic E-state index is 5.91. The van der Waals surface area contributed by atoms with E-state index in [1.807, 2.05) is 12.1 Å². The van der Waals surface area contributed by atoms with Crippen LogP contribution in [0.25, 0.3) is 11.0 Å². The standard InChI is InChI=1S/C13H11BrClN5/c1-7(8-2-4-9(14)5-3-8)17-11-10-6-16-20-12(10)19-13(15)18-11/h2-7H,1H3,(H2,16,17,18,19,20). The Bertz CT molecular complexity index is 740. The molecule has 1 atom stereocenters. The largest absolute Gasteiger partial charge is 0.363 e. The molecule has 0 radical (unpaired) electrons. The molecule has 102 valence electrons. The van der Waals surface area contributed by atoms with Crippen LogP contribution >= 0.6 is 27.5 Å². The topological polar surface area (TPSA) is 66.5 Å². The Labute approximate surface area is 128 Å². The van der Waals surface area contributed by atoms with Crippen LogP contribution in [0.2, 0.25) is 5.28 Å². The summed E-state index contributed by atoms with van der Waals surface area (Å²) >= 11 is 9.34. The summed E-state index contributed by atoms with van der Waals surface area (Å²) in [6, 6.07) is 8.21. The van der Waals surface area contributed by atoms with Crippen LogP contribution in [0.4, 0.5) is 5.82 Å². The molecule has 5 nitrogen and oxygen atoms in total. The van der Waals surface area contributed by atoms with Crippen LogP contribution < -0.4 is 5.32 Å². The third-order valence-electron chi connectivity index (χ3n) is 3.01. The fourth-order valence-electron chi connectivity index (χ4n) is 1.96. The number of nitrogens with zero attached hydrogens (tertiary/aromatic N) is 3. The molecule has 0 saturated carbocycles. The van der Waals surface area contributed by atoms with Gasteiger partial charge in [0.1, 0.15) is 5.82 Å². The highest BCUT2D eigenvalue weighted by molar-refractivity contribution is 9.10. The summed E-state index contributed by atoms with van der Waals surface area (Å²) in [4.78, 5) is 8.31. The second kappa shape index (κ2) is 5.38. The summed E-state index contributed by atoms with van der Waals surface area (Å²) in [5.74, 6) is 0.671. The van der Waals surface area contributed by atoms with E-state index in [2.05, 4.69) is 60.5 Å². The predicted octanol–water partition coefficient (Wildman–Crippen LogP) is 3.94. The van der Waals surface area contributed by atoms with E-state index in [-0.39, 0.29) is 11.3 Å². The average molecular weight is 353 g/mol. The van der Waals surface area contributed by atoms with Gasteiger partial charge < -0.3 is 5.32 Å². The Kier molecular flexibility index (Phi) is 3.58. The van der Waals surface area contributed by atoms with Crippen LogP contribution in [0.3, 0.4) is 0 Å². The minimum atomic E-state index is 0.0900. The number of hydrogen-bond donors (Lipinski definition) is 2. The molecule has 2 heterocycles. The van der Waals surface area contributed by atoms with Crippen molar-refractivity contribution in [2.24, 2.45) is 0 Å². The predicted molar refractivity (Wildman–Crippen MR) is 82.9 cm³/mol. The molecule has 0 amide bonds. The number of anilines is 1. The Morgan fingerprint density at radius 3 is 2.75 bits per heavy atom. The fraction of sp³-hybridized carbons (Fsp3) is 0.154. The Hall–Kier alpha value is -1.66. The third kappa shape index (κ3) is 2.62. The summed E-state index contributed by atoms with van der Waals surface area (Å²) < 4.78 is 1.05. The van der Waals surface area contributed by atoms with Gasteiger partial charge in [-0.05, 0) is 36.2 Å². The zero-order valence-electron chi connectivity index (χ0n) is 10.6. The van der Waals surface area contributed by atoms with Gasteiger partial charge in [-0.3, -0.25) is 5.10 Å². The highest BCUT2D eigenvalue weighted by atomic mass is 79.9. The van der Waals surface area contributed by atoms with Gasteiger partial charge >= 0.3 is 0 Å². The third-order valence-corrected chi connectivity index (χ3v) is 3.70. The maximum Gasteiger partial charge on any atom is 0.226 e. The first kappa shape index (κ1) is 13.3. The second-order valence-corrected chi connectivity index (χ2v) is 5.64. The molecule has 0 spiro atoms. The van der Waals surface area contributed by atoms with Gasteiger partial charge in [0.2, 0.25) is 5.28 Å². The molecule has 0 saturated heterocycles. The summed E-state index contributed by atoms with van der Waals surface area (Å²) in [6.07, 6.45) is 1.68. The van der Waals surface area contributed by atoms with Crippen LogP contribution in [0.5, 0.6) is 0 Å². The summed E-state index contributed by atoms with van der Waals surface area (Å²) in [7, 11) is 0. The molecule has 3 rings (SSSR count). The summed E-state index contributed by atoms with van der Waals surface area (Å²) in [6.45, 7) is 2.06. The Morgan fingerprint density at radius 2 is 2.00 bits per heavy atom. The normalized spacial score (nSPS) is 12.6. The molecule has 0 aliphatic heterocycles. The van der Waals surface area contributed by atoms with E-state index >= 15 is 0 Å². The van der Waals surface area contributed by atoms with Crippen molar-refractivity contribution in [2.75, 3.05) is 5.32 Å². The smallest absolute Gasteiger partial charge is 0.226 e. The van der Waals surface area contributed by atoms with Gasteiger partial charge in [-0.25, -0.2) is 0 Å². The van der Waals surface area contributed by atoms with Crippen molar-refractivity contribution in [3.05, 3.63) is 45.8 Å². The molecule has 0 bridgehead atoms. The monoisotopic (exact) mass is 351 g/mol. The number of rotatable bonds is 3. The molecule has 20 heavy (non-hydrogen) atoms. The van der Waals surface area contributed by atoms with Gasteiger partial charge in [-0.2, -0.15) is 15.1 Å². The average Bonchev–Trinajstić information content (AvgIpc) is 2.87. The van der Waals surface area contributed by atoms with Gasteiger partial charge in [0.15, 0.2) is 5.65 Å². The molecule has 0 aliphatic rings. The van der Waals surface area contributed by atoms with Crippen molar-refractivity contribution in [3.63, 3.8) is 0 Å². The van der Waals surface area contributed by atoms with Crippen LogP contribution in [0.1, 0.15) is 18.5 Å². The van der Waals surface area contributed by atoms with Gasteiger partial charge in [0.25, 0.3) is 0 Å². The van der Waals surface area contributed by atoms with Gasteiger partial charge in [0.05, 0.1) is 11.6 Å². The first-order valence-corrected chi connectivity index (χ1v) is 7.19. The van der Waals surface area contributed by atoms with E-state index in [9.17, 15) is 0 Å². The first-order valence-electron chi connectivity index (χ1n) is 6.02. The van der Waals surface area contributed by atoms with E-state index in [1.165, 1.54) is 0 Å². The van der Waals surface area contributed by atoms with Crippen LogP contribution in [0, 0.1) is 0 Å². The maximum absolute atomic E-state index is 5.91. The Balaban J connectivity index is 1.92. The van der Waals surface area contributed by atoms with Crippen molar-refractivity contribution < 1.29 is 0 Å². The number of aromatic amines is 1. The lowest BCUT2D eigenvalue weighted by Crippen LogP contribution is -2.08. The van der Waals surface area contributed by atoms with Gasteiger partial charge in [-0.15, -0.1) is 0 Å². The molecule has 7 heteroatoms. The van der Waals surface area contributed by atoms with Crippen molar-refractivity contribution in [1.29, 1.82) is 0 Å². The molecule has 3 aromatic rings. The Morgan fingerprint density at radius 1 is 1.25 bits per heavy atom. The highest BCUT2D eigenvalue weighted by Gasteiger charge is 2.12. The number of hydrogen-bond acceptors (Lipinski definition) is 4. The SMILES string of the molecule is CC(Nc1nc(Cl)nc2[nH]ncc12)c1ccc(Br)cc1. The van der Waals surface area contributed by atoms with Crippen LogP contribution in [-0.4, -0.2) is 20.2 Å². The number of halogens is 2. The molecule has 2 N–H and O–H groups in total. The lowest BCUT2D eigenvalue weighted by Gasteiger charge is -2.15. The zero-order valence-corrected chi connectivity index (χ0v) is 12.9. The number of benzene rings is 1.